The van der Waals surface area contributed by atoms with E-state index in [9.17, 15) is 9.59 Å². The van der Waals surface area contributed by atoms with E-state index >= 15 is 0 Å². The van der Waals surface area contributed by atoms with Crippen LogP contribution in [0.4, 0.5) is 0 Å². The van der Waals surface area contributed by atoms with Crippen molar-refractivity contribution in [3.05, 3.63) is 16.1 Å². The summed E-state index contributed by atoms with van der Waals surface area (Å²) in [7, 11) is 0. The summed E-state index contributed by atoms with van der Waals surface area (Å²) in [6, 6.07) is -0.0815. The molecule has 0 bridgehead atoms. The van der Waals surface area contributed by atoms with E-state index in [0.717, 1.165) is 22.7 Å². The quantitative estimate of drug-likeness (QED) is 0.929. The van der Waals surface area contributed by atoms with Gasteiger partial charge in [-0.2, -0.15) is 0 Å². The molecule has 1 aromatic heterocycles. The van der Waals surface area contributed by atoms with Gasteiger partial charge in [-0.3, -0.25) is 9.59 Å². The average molecular weight is 307 g/mol. The molecule has 0 aromatic carbocycles. The van der Waals surface area contributed by atoms with Crippen LogP contribution in [-0.2, 0) is 9.59 Å². The number of hydrogen-bond donors (Lipinski definition) is 1. The molecule has 1 aliphatic carbocycles. The van der Waals surface area contributed by atoms with E-state index in [-0.39, 0.29) is 23.8 Å². The van der Waals surface area contributed by atoms with Crippen LogP contribution < -0.4 is 5.32 Å². The van der Waals surface area contributed by atoms with E-state index in [1.807, 2.05) is 31.9 Å². The standard InChI is InChI=1S/C15H21N3O2S/c1-9-8-16-13(21-9)10(2)18-7-6-12(19)17-15(3,14(18)20)11-4-5-11/h8,10-11H,4-7H2,1-3H3,(H,17,19). The largest absolute Gasteiger partial charge is 0.342 e. The minimum Gasteiger partial charge on any atom is -0.342 e. The van der Waals surface area contributed by atoms with Gasteiger partial charge < -0.3 is 10.2 Å². The fourth-order valence-corrected chi connectivity index (χ4v) is 3.87. The number of aromatic nitrogens is 1. The minimum atomic E-state index is -0.742. The number of nitrogens with zero attached hydrogens (tertiary/aromatic N) is 2. The SMILES string of the molecule is Cc1cnc(C(C)N2CCC(=O)NC(C)(C3CC3)C2=O)s1. The maximum Gasteiger partial charge on any atom is 0.248 e. The lowest BCUT2D eigenvalue weighted by molar-refractivity contribution is -0.141. The Morgan fingerprint density at radius 3 is 2.76 bits per heavy atom. The molecule has 0 radical (unpaired) electrons. The second-order valence-electron chi connectivity index (χ2n) is 6.26. The second-order valence-corrected chi connectivity index (χ2v) is 7.52. The van der Waals surface area contributed by atoms with Crippen molar-refractivity contribution in [1.29, 1.82) is 0 Å². The summed E-state index contributed by atoms with van der Waals surface area (Å²) >= 11 is 1.61. The van der Waals surface area contributed by atoms with Crippen LogP contribution in [0.2, 0.25) is 0 Å². The molecule has 5 nitrogen and oxygen atoms in total. The first-order chi connectivity index (χ1) is 9.91. The number of rotatable bonds is 3. The molecule has 21 heavy (non-hydrogen) atoms. The van der Waals surface area contributed by atoms with Crippen LogP contribution in [0.3, 0.4) is 0 Å². The third kappa shape index (κ3) is 2.57. The Kier molecular flexibility index (Phi) is 3.51. The number of aryl methyl sites for hydroxylation is 1. The number of thiazole rings is 1. The van der Waals surface area contributed by atoms with Gasteiger partial charge in [0, 0.05) is 24.0 Å². The van der Waals surface area contributed by atoms with Crippen molar-refractivity contribution in [3.63, 3.8) is 0 Å². The molecule has 2 aliphatic rings. The molecule has 6 heteroatoms. The molecule has 1 aliphatic heterocycles. The van der Waals surface area contributed by atoms with E-state index in [1.165, 1.54) is 0 Å². The zero-order chi connectivity index (χ0) is 15.2. The Hall–Kier alpha value is -1.43. The first kappa shape index (κ1) is 14.5. The highest BCUT2D eigenvalue weighted by molar-refractivity contribution is 7.11. The maximum absolute atomic E-state index is 13.0. The van der Waals surface area contributed by atoms with Gasteiger partial charge >= 0.3 is 0 Å². The Balaban J connectivity index is 1.89. The molecule has 2 unspecified atom stereocenters. The van der Waals surface area contributed by atoms with Crippen LogP contribution in [0.25, 0.3) is 0 Å². The molecular weight excluding hydrogens is 286 g/mol. The maximum atomic E-state index is 13.0. The lowest BCUT2D eigenvalue weighted by Crippen LogP contribution is -2.57. The molecule has 114 valence electrons. The van der Waals surface area contributed by atoms with E-state index in [1.54, 1.807) is 11.3 Å². The van der Waals surface area contributed by atoms with Gasteiger partial charge in [-0.25, -0.2) is 4.98 Å². The number of nitrogens with one attached hydrogen (secondary N) is 1. The van der Waals surface area contributed by atoms with Gasteiger partial charge in [0.05, 0.1) is 6.04 Å². The predicted octanol–water partition coefficient (Wildman–Crippen LogP) is 2.03. The summed E-state index contributed by atoms with van der Waals surface area (Å²) in [5.41, 5.74) is -0.742. The van der Waals surface area contributed by atoms with E-state index in [2.05, 4.69) is 10.3 Å². The topological polar surface area (TPSA) is 62.3 Å². The monoisotopic (exact) mass is 307 g/mol. The summed E-state index contributed by atoms with van der Waals surface area (Å²) in [6.45, 7) is 6.35. The highest BCUT2D eigenvalue weighted by atomic mass is 32.1. The smallest absolute Gasteiger partial charge is 0.248 e. The fourth-order valence-electron chi connectivity index (χ4n) is 3.03. The number of hydrogen-bond acceptors (Lipinski definition) is 4. The van der Waals surface area contributed by atoms with Gasteiger partial charge in [-0.05, 0) is 39.5 Å². The molecule has 1 saturated heterocycles. The molecule has 2 heterocycles. The van der Waals surface area contributed by atoms with Crippen LogP contribution in [0.5, 0.6) is 0 Å². The first-order valence-corrected chi connectivity index (χ1v) is 8.28. The third-order valence-corrected chi connectivity index (χ3v) is 5.62. The second kappa shape index (κ2) is 5.09. The van der Waals surface area contributed by atoms with Gasteiger partial charge in [0.15, 0.2) is 0 Å². The van der Waals surface area contributed by atoms with Crippen molar-refractivity contribution >= 4 is 23.2 Å². The zero-order valence-electron chi connectivity index (χ0n) is 12.7. The van der Waals surface area contributed by atoms with Crippen LogP contribution in [0.15, 0.2) is 6.20 Å². The molecule has 1 saturated carbocycles. The number of amides is 2. The molecule has 3 rings (SSSR count). The van der Waals surface area contributed by atoms with Gasteiger partial charge in [0.1, 0.15) is 10.5 Å². The lowest BCUT2D eigenvalue weighted by atomic mass is 9.93. The molecule has 0 spiro atoms. The summed E-state index contributed by atoms with van der Waals surface area (Å²) < 4.78 is 0. The van der Waals surface area contributed by atoms with Gasteiger partial charge in [0.25, 0.3) is 0 Å². The van der Waals surface area contributed by atoms with Crippen LogP contribution in [0, 0.1) is 12.8 Å². The summed E-state index contributed by atoms with van der Waals surface area (Å²) in [5, 5.41) is 3.90. The molecule has 2 fully saturated rings. The molecule has 2 atom stereocenters. The molecular formula is C15H21N3O2S. The highest BCUT2D eigenvalue weighted by Gasteiger charge is 2.51. The van der Waals surface area contributed by atoms with Crippen molar-refractivity contribution in [2.45, 2.75) is 51.6 Å². The van der Waals surface area contributed by atoms with Crippen molar-refractivity contribution in [3.8, 4) is 0 Å². The number of carbonyl (C=O) groups excluding carboxylic acids is 2. The Labute approximate surface area is 128 Å². The summed E-state index contributed by atoms with van der Waals surface area (Å²) in [4.78, 5) is 32.4. The van der Waals surface area contributed by atoms with Crippen molar-refractivity contribution in [1.82, 2.24) is 15.2 Å². The van der Waals surface area contributed by atoms with Gasteiger partial charge in [-0.1, -0.05) is 0 Å². The van der Waals surface area contributed by atoms with E-state index < -0.39 is 5.54 Å². The van der Waals surface area contributed by atoms with Crippen molar-refractivity contribution < 1.29 is 9.59 Å². The van der Waals surface area contributed by atoms with Gasteiger partial charge in [-0.15, -0.1) is 11.3 Å². The zero-order valence-corrected chi connectivity index (χ0v) is 13.5. The van der Waals surface area contributed by atoms with Crippen LogP contribution in [-0.4, -0.2) is 33.8 Å². The van der Waals surface area contributed by atoms with Crippen LogP contribution in [0.1, 0.15) is 49.0 Å². The van der Waals surface area contributed by atoms with E-state index in [4.69, 9.17) is 0 Å². The Morgan fingerprint density at radius 2 is 2.19 bits per heavy atom. The van der Waals surface area contributed by atoms with Crippen LogP contribution >= 0.6 is 11.3 Å². The molecule has 2 amide bonds. The minimum absolute atomic E-state index is 0.0252. The average Bonchev–Trinajstić information content (AvgIpc) is 3.21. The normalized spacial score (nSPS) is 28.2. The Bertz CT molecular complexity index is 581. The molecule has 1 aromatic rings. The summed E-state index contributed by atoms with van der Waals surface area (Å²) in [6.07, 6.45) is 4.23. The van der Waals surface area contributed by atoms with Crippen molar-refractivity contribution in [2.75, 3.05) is 6.54 Å². The Morgan fingerprint density at radius 1 is 1.48 bits per heavy atom. The predicted molar refractivity (Wildman–Crippen MR) is 80.9 cm³/mol. The fraction of sp³-hybridized carbons (Fsp3) is 0.667. The summed E-state index contributed by atoms with van der Waals surface area (Å²) in [5.74, 6) is 0.291. The third-order valence-electron chi connectivity index (χ3n) is 4.54. The van der Waals surface area contributed by atoms with Gasteiger partial charge in [0.2, 0.25) is 11.8 Å². The van der Waals surface area contributed by atoms with E-state index in [0.29, 0.717) is 13.0 Å². The molecule has 1 N–H and O–H groups in total. The van der Waals surface area contributed by atoms with Crippen molar-refractivity contribution in [2.24, 2.45) is 5.92 Å². The lowest BCUT2D eigenvalue weighted by Gasteiger charge is -2.34. The first-order valence-electron chi connectivity index (χ1n) is 7.46. The highest BCUT2D eigenvalue weighted by Crippen LogP contribution is 2.42. The number of carbonyl (C=O) groups is 2.